The fourth-order valence-electron chi connectivity index (χ4n) is 3.61. The SMILES string of the molecule is CCC#Cc1nccc(N2CCCN(c3cc(-c4ccccc4O)nnc3N)CC2)n1. The molecule has 8 heteroatoms. The molecule has 0 radical (unpaired) electrons. The van der Waals surface area contributed by atoms with Crippen LogP contribution in [0.25, 0.3) is 11.3 Å². The van der Waals surface area contributed by atoms with Crippen LogP contribution in [0.3, 0.4) is 0 Å². The molecule has 4 rings (SSSR count). The van der Waals surface area contributed by atoms with E-state index in [1.807, 2.05) is 31.2 Å². The first-order valence-electron chi connectivity index (χ1n) is 10.4. The van der Waals surface area contributed by atoms with Crippen LogP contribution in [0.1, 0.15) is 25.6 Å². The van der Waals surface area contributed by atoms with E-state index in [0.29, 0.717) is 22.9 Å². The summed E-state index contributed by atoms with van der Waals surface area (Å²) >= 11 is 0. The number of hydrogen-bond acceptors (Lipinski definition) is 8. The van der Waals surface area contributed by atoms with Gasteiger partial charge >= 0.3 is 0 Å². The Balaban J connectivity index is 1.54. The predicted molar refractivity (Wildman–Crippen MR) is 122 cm³/mol. The zero-order chi connectivity index (χ0) is 21.6. The van der Waals surface area contributed by atoms with Crippen molar-refractivity contribution in [2.45, 2.75) is 19.8 Å². The molecule has 8 nitrogen and oxygen atoms in total. The Bertz CT molecular complexity index is 1120. The first-order valence-corrected chi connectivity index (χ1v) is 10.4. The predicted octanol–water partition coefficient (Wildman–Crippen LogP) is 2.70. The normalized spacial score (nSPS) is 14.0. The fourth-order valence-corrected chi connectivity index (χ4v) is 3.61. The number of aromatic hydroxyl groups is 1. The van der Waals surface area contributed by atoms with E-state index >= 15 is 0 Å². The zero-order valence-corrected chi connectivity index (χ0v) is 17.5. The number of benzene rings is 1. The molecule has 0 saturated carbocycles. The Labute approximate surface area is 181 Å². The van der Waals surface area contributed by atoms with Gasteiger partial charge in [0.05, 0.1) is 11.4 Å². The lowest BCUT2D eigenvalue weighted by molar-refractivity contribution is 0.477. The number of rotatable bonds is 3. The molecular formula is C23H25N7O. The number of nitrogen functional groups attached to an aromatic ring is 1. The molecule has 31 heavy (non-hydrogen) atoms. The molecule has 1 fully saturated rings. The van der Waals surface area contributed by atoms with E-state index < -0.39 is 0 Å². The maximum Gasteiger partial charge on any atom is 0.206 e. The van der Waals surface area contributed by atoms with Crippen molar-refractivity contribution in [1.29, 1.82) is 0 Å². The highest BCUT2D eigenvalue weighted by molar-refractivity contribution is 5.74. The molecule has 0 spiro atoms. The maximum atomic E-state index is 10.2. The molecule has 0 atom stereocenters. The van der Waals surface area contributed by atoms with Crippen molar-refractivity contribution < 1.29 is 5.11 Å². The lowest BCUT2D eigenvalue weighted by atomic mass is 10.1. The van der Waals surface area contributed by atoms with Gasteiger partial charge in [-0.3, -0.25) is 0 Å². The number of nitrogens with two attached hydrogens (primary N) is 1. The molecule has 2 aromatic heterocycles. The lowest BCUT2D eigenvalue weighted by Crippen LogP contribution is -2.31. The molecule has 0 amide bonds. The van der Waals surface area contributed by atoms with Crippen molar-refractivity contribution in [3.8, 4) is 28.8 Å². The molecular weight excluding hydrogens is 390 g/mol. The second-order valence-corrected chi connectivity index (χ2v) is 7.24. The van der Waals surface area contributed by atoms with E-state index in [-0.39, 0.29) is 5.75 Å². The van der Waals surface area contributed by atoms with Crippen LogP contribution < -0.4 is 15.5 Å². The van der Waals surface area contributed by atoms with E-state index in [1.54, 1.807) is 18.3 Å². The third-order valence-electron chi connectivity index (χ3n) is 5.16. The van der Waals surface area contributed by atoms with E-state index in [1.165, 1.54) is 0 Å². The van der Waals surface area contributed by atoms with Gasteiger partial charge in [-0.15, -0.1) is 10.2 Å². The first kappa shape index (κ1) is 20.4. The number of phenolic OH excluding ortho intramolecular Hbond substituents is 1. The van der Waals surface area contributed by atoms with Gasteiger partial charge in [0.25, 0.3) is 0 Å². The third-order valence-corrected chi connectivity index (χ3v) is 5.16. The Morgan fingerprint density at radius 3 is 2.71 bits per heavy atom. The molecule has 1 saturated heterocycles. The summed E-state index contributed by atoms with van der Waals surface area (Å²) in [4.78, 5) is 13.3. The molecule has 1 aliphatic heterocycles. The van der Waals surface area contributed by atoms with E-state index in [2.05, 4.69) is 41.8 Å². The van der Waals surface area contributed by atoms with E-state index in [9.17, 15) is 5.11 Å². The highest BCUT2D eigenvalue weighted by atomic mass is 16.3. The second kappa shape index (κ2) is 9.30. The van der Waals surface area contributed by atoms with E-state index in [4.69, 9.17) is 5.73 Å². The van der Waals surface area contributed by atoms with Gasteiger partial charge in [-0.1, -0.05) is 25.0 Å². The Hall–Kier alpha value is -3.86. The summed E-state index contributed by atoms with van der Waals surface area (Å²) in [5.74, 6) is 8.00. The number of aromatic nitrogens is 4. The van der Waals surface area contributed by atoms with Gasteiger partial charge in [0.15, 0.2) is 5.82 Å². The number of phenols is 1. The lowest BCUT2D eigenvalue weighted by Gasteiger charge is -2.25. The minimum absolute atomic E-state index is 0.167. The molecule has 3 heterocycles. The number of para-hydroxylation sites is 1. The summed E-state index contributed by atoms with van der Waals surface area (Å²) in [6, 6.07) is 10.9. The largest absolute Gasteiger partial charge is 0.507 e. The van der Waals surface area contributed by atoms with Crippen LogP contribution in [0.2, 0.25) is 0 Å². The minimum atomic E-state index is 0.167. The van der Waals surface area contributed by atoms with Crippen LogP contribution in [-0.4, -0.2) is 51.5 Å². The van der Waals surface area contributed by atoms with Crippen molar-refractivity contribution in [2.75, 3.05) is 41.7 Å². The average Bonchev–Trinajstić information content (AvgIpc) is 3.05. The van der Waals surface area contributed by atoms with Gasteiger partial charge < -0.3 is 20.6 Å². The minimum Gasteiger partial charge on any atom is -0.507 e. The standard InChI is InChI=1S/C23H25N7O/c1-2-3-9-21-25-11-10-22(26-21)30-13-6-12-29(14-15-30)19-16-18(27-28-23(19)24)17-7-4-5-8-20(17)31/h4-5,7-8,10-11,16,31H,2,6,12-15H2,1H3,(H2,24,28). The smallest absolute Gasteiger partial charge is 0.206 e. The third kappa shape index (κ3) is 4.67. The molecule has 1 aromatic carbocycles. The Morgan fingerprint density at radius 1 is 1.06 bits per heavy atom. The van der Waals surface area contributed by atoms with Gasteiger partial charge in [0, 0.05) is 44.4 Å². The molecule has 0 bridgehead atoms. The van der Waals surface area contributed by atoms with Crippen LogP contribution in [0.15, 0.2) is 42.6 Å². The molecule has 0 aliphatic carbocycles. The second-order valence-electron chi connectivity index (χ2n) is 7.24. The summed E-state index contributed by atoms with van der Waals surface area (Å²) in [5, 5.41) is 18.5. The zero-order valence-electron chi connectivity index (χ0n) is 17.5. The molecule has 0 unspecified atom stereocenters. The quantitative estimate of drug-likeness (QED) is 0.629. The van der Waals surface area contributed by atoms with Crippen LogP contribution >= 0.6 is 0 Å². The highest BCUT2D eigenvalue weighted by Gasteiger charge is 2.20. The first-order chi connectivity index (χ1) is 15.2. The van der Waals surface area contributed by atoms with Crippen LogP contribution in [0.4, 0.5) is 17.3 Å². The monoisotopic (exact) mass is 415 g/mol. The maximum absolute atomic E-state index is 10.2. The van der Waals surface area contributed by atoms with Crippen molar-refractivity contribution in [2.24, 2.45) is 0 Å². The van der Waals surface area contributed by atoms with Crippen LogP contribution in [0.5, 0.6) is 5.75 Å². The van der Waals surface area contributed by atoms with Crippen molar-refractivity contribution >= 4 is 17.3 Å². The van der Waals surface area contributed by atoms with Crippen molar-refractivity contribution in [3.05, 3.63) is 48.4 Å². The number of nitrogens with zero attached hydrogens (tertiary/aromatic N) is 6. The molecule has 3 N–H and O–H groups in total. The van der Waals surface area contributed by atoms with Gasteiger partial charge in [0.1, 0.15) is 11.6 Å². The van der Waals surface area contributed by atoms with E-state index in [0.717, 1.165) is 50.5 Å². The summed E-state index contributed by atoms with van der Waals surface area (Å²) in [6.07, 6.45) is 3.47. The average molecular weight is 416 g/mol. The topological polar surface area (TPSA) is 104 Å². The molecule has 3 aromatic rings. The van der Waals surface area contributed by atoms with Crippen molar-refractivity contribution in [3.63, 3.8) is 0 Å². The fraction of sp³-hybridized carbons (Fsp3) is 0.304. The number of hydrogen-bond donors (Lipinski definition) is 2. The highest BCUT2D eigenvalue weighted by Crippen LogP contribution is 2.31. The molecule has 1 aliphatic rings. The van der Waals surface area contributed by atoms with Gasteiger partial charge in [0.2, 0.25) is 5.82 Å². The molecule has 158 valence electrons. The van der Waals surface area contributed by atoms with Gasteiger partial charge in [-0.05, 0) is 36.6 Å². The summed E-state index contributed by atoms with van der Waals surface area (Å²) < 4.78 is 0. The van der Waals surface area contributed by atoms with Crippen molar-refractivity contribution in [1.82, 2.24) is 20.2 Å². The van der Waals surface area contributed by atoms with Gasteiger partial charge in [-0.2, -0.15) is 0 Å². The van der Waals surface area contributed by atoms with Crippen LogP contribution in [-0.2, 0) is 0 Å². The van der Waals surface area contributed by atoms with Crippen LogP contribution in [0, 0.1) is 11.8 Å². The summed E-state index contributed by atoms with van der Waals surface area (Å²) in [7, 11) is 0. The Kier molecular flexibility index (Phi) is 6.13. The van der Waals surface area contributed by atoms with Gasteiger partial charge in [-0.25, -0.2) is 9.97 Å². The summed E-state index contributed by atoms with van der Waals surface area (Å²) in [5.41, 5.74) is 8.23. The Morgan fingerprint density at radius 2 is 1.87 bits per heavy atom. The summed E-state index contributed by atoms with van der Waals surface area (Å²) in [6.45, 7) is 5.25. The number of anilines is 3.